The van der Waals surface area contributed by atoms with E-state index in [0.29, 0.717) is 0 Å². The Morgan fingerprint density at radius 1 is 1.37 bits per heavy atom. The van der Waals surface area contributed by atoms with E-state index >= 15 is 0 Å². The van der Waals surface area contributed by atoms with Gasteiger partial charge in [-0.25, -0.2) is 0 Å². The minimum atomic E-state index is -0.958. The molecule has 1 atom stereocenters. The van der Waals surface area contributed by atoms with Crippen LogP contribution in [0.5, 0.6) is 0 Å². The van der Waals surface area contributed by atoms with E-state index in [0.717, 1.165) is 16.6 Å². The monoisotopic (exact) mass is 260 g/mol. The Kier molecular flexibility index (Phi) is 3.55. The Balaban J connectivity index is 2.22. The summed E-state index contributed by atoms with van der Waals surface area (Å²) in [7, 11) is 1.66. The summed E-state index contributed by atoms with van der Waals surface area (Å²) in [6.45, 7) is 1.53. The van der Waals surface area contributed by atoms with Crippen LogP contribution in [-0.4, -0.2) is 29.0 Å². The molecule has 2 aromatic rings. The van der Waals surface area contributed by atoms with E-state index in [4.69, 9.17) is 5.11 Å². The lowest BCUT2D eigenvalue weighted by molar-refractivity contribution is -0.143. The molecule has 5 heteroatoms. The standard InChI is InChI=1S/C14H16N2O3/c1-9(14(18)19)7-13(17)16(2)12-8-15-11-6-4-3-5-10(11)12/h3-6,8-9,15H,7H2,1-2H3,(H,18,19). The number of carbonyl (C=O) groups excluding carboxylic acids is 1. The van der Waals surface area contributed by atoms with Gasteiger partial charge in [0.2, 0.25) is 5.91 Å². The molecular weight excluding hydrogens is 244 g/mol. The molecule has 2 N–H and O–H groups in total. The molecule has 100 valence electrons. The van der Waals surface area contributed by atoms with Gasteiger partial charge in [0.15, 0.2) is 0 Å². The van der Waals surface area contributed by atoms with Gasteiger partial charge in [0.1, 0.15) is 0 Å². The molecule has 2 rings (SSSR count). The van der Waals surface area contributed by atoms with Crippen LogP contribution in [0, 0.1) is 5.92 Å². The average Bonchev–Trinajstić information content (AvgIpc) is 2.81. The van der Waals surface area contributed by atoms with Crippen LogP contribution in [0.3, 0.4) is 0 Å². The first-order valence-corrected chi connectivity index (χ1v) is 6.06. The summed E-state index contributed by atoms with van der Waals surface area (Å²) in [6, 6.07) is 7.66. The van der Waals surface area contributed by atoms with Gasteiger partial charge in [-0.3, -0.25) is 9.59 Å². The number of nitrogens with zero attached hydrogens (tertiary/aromatic N) is 1. The van der Waals surface area contributed by atoms with E-state index in [1.165, 1.54) is 11.8 Å². The van der Waals surface area contributed by atoms with Crippen molar-refractivity contribution in [2.75, 3.05) is 11.9 Å². The zero-order valence-corrected chi connectivity index (χ0v) is 10.9. The molecule has 0 spiro atoms. The smallest absolute Gasteiger partial charge is 0.306 e. The second kappa shape index (κ2) is 5.14. The number of aromatic amines is 1. The molecule has 5 nitrogen and oxygen atoms in total. The fourth-order valence-electron chi connectivity index (χ4n) is 1.95. The first kappa shape index (κ1) is 13.1. The Hall–Kier alpha value is -2.30. The molecule has 0 fully saturated rings. The maximum Gasteiger partial charge on any atom is 0.306 e. The van der Waals surface area contributed by atoms with Crippen LogP contribution in [0.25, 0.3) is 10.9 Å². The van der Waals surface area contributed by atoms with Crippen LogP contribution >= 0.6 is 0 Å². The number of aliphatic carboxylic acids is 1. The van der Waals surface area contributed by atoms with Crippen molar-refractivity contribution in [1.29, 1.82) is 0 Å². The predicted molar refractivity (Wildman–Crippen MR) is 73.1 cm³/mol. The summed E-state index contributed by atoms with van der Waals surface area (Å²) < 4.78 is 0. The minimum Gasteiger partial charge on any atom is -0.481 e. The van der Waals surface area contributed by atoms with Gasteiger partial charge in [0, 0.05) is 30.6 Å². The van der Waals surface area contributed by atoms with E-state index in [9.17, 15) is 9.59 Å². The molecule has 1 aromatic heterocycles. The SMILES string of the molecule is CC(CC(=O)N(C)c1c[nH]c2ccccc12)C(=O)O. The van der Waals surface area contributed by atoms with Crippen molar-refractivity contribution in [1.82, 2.24) is 4.98 Å². The number of H-pyrrole nitrogens is 1. The molecule has 1 aromatic carbocycles. The molecule has 0 radical (unpaired) electrons. The summed E-state index contributed by atoms with van der Waals surface area (Å²) in [5, 5.41) is 9.78. The lowest BCUT2D eigenvalue weighted by atomic mass is 10.1. The number of hydrogen-bond donors (Lipinski definition) is 2. The summed E-state index contributed by atoms with van der Waals surface area (Å²) >= 11 is 0. The predicted octanol–water partition coefficient (Wildman–Crippen LogP) is 2.24. The third kappa shape index (κ3) is 2.59. The second-order valence-electron chi connectivity index (χ2n) is 4.62. The zero-order chi connectivity index (χ0) is 14.0. The number of carbonyl (C=O) groups is 2. The number of carboxylic acid groups (broad SMARTS) is 1. The van der Waals surface area contributed by atoms with Gasteiger partial charge in [0.05, 0.1) is 11.6 Å². The number of nitrogens with one attached hydrogen (secondary N) is 1. The van der Waals surface area contributed by atoms with Gasteiger partial charge < -0.3 is 15.0 Å². The van der Waals surface area contributed by atoms with Crippen molar-refractivity contribution in [2.45, 2.75) is 13.3 Å². The minimum absolute atomic E-state index is 0.00859. The zero-order valence-electron chi connectivity index (χ0n) is 10.9. The van der Waals surface area contributed by atoms with Crippen molar-refractivity contribution in [2.24, 2.45) is 5.92 Å². The van der Waals surface area contributed by atoms with Crippen molar-refractivity contribution < 1.29 is 14.7 Å². The number of rotatable bonds is 4. The highest BCUT2D eigenvalue weighted by molar-refractivity contribution is 6.03. The largest absolute Gasteiger partial charge is 0.481 e. The highest BCUT2D eigenvalue weighted by atomic mass is 16.4. The fourth-order valence-corrected chi connectivity index (χ4v) is 1.95. The number of carboxylic acids is 1. The molecular formula is C14H16N2O3. The van der Waals surface area contributed by atoms with Gasteiger partial charge in [0.25, 0.3) is 0 Å². The Labute approximate surface area is 110 Å². The molecule has 1 unspecified atom stereocenters. The van der Waals surface area contributed by atoms with Crippen molar-refractivity contribution in [3.05, 3.63) is 30.5 Å². The molecule has 0 aliphatic heterocycles. The molecule has 0 saturated carbocycles. The number of aromatic nitrogens is 1. The van der Waals surface area contributed by atoms with Gasteiger partial charge in [-0.2, -0.15) is 0 Å². The van der Waals surface area contributed by atoms with Crippen LogP contribution in [0.15, 0.2) is 30.5 Å². The average molecular weight is 260 g/mol. The van der Waals surface area contributed by atoms with E-state index in [1.54, 1.807) is 13.2 Å². The van der Waals surface area contributed by atoms with Gasteiger partial charge >= 0.3 is 5.97 Å². The van der Waals surface area contributed by atoms with Crippen molar-refractivity contribution in [3.63, 3.8) is 0 Å². The maximum absolute atomic E-state index is 12.0. The van der Waals surface area contributed by atoms with E-state index in [-0.39, 0.29) is 12.3 Å². The van der Waals surface area contributed by atoms with E-state index < -0.39 is 11.9 Å². The Morgan fingerprint density at radius 3 is 2.74 bits per heavy atom. The maximum atomic E-state index is 12.0. The van der Waals surface area contributed by atoms with Crippen LogP contribution < -0.4 is 4.90 Å². The summed E-state index contributed by atoms with van der Waals surface area (Å²) in [5.74, 6) is -1.85. The highest BCUT2D eigenvalue weighted by Crippen LogP contribution is 2.26. The fraction of sp³-hybridized carbons (Fsp3) is 0.286. The topological polar surface area (TPSA) is 73.4 Å². The van der Waals surface area contributed by atoms with Gasteiger partial charge in [-0.05, 0) is 6.07 Å². The van der Waals surface area contributed by atoms with E-state index in [2.05, 4.69) is 4.98 Å². The summed E-state index contributed by atoms with van der Waals surface area (Å²) in [4.78, 5) is 27.4. The summed E-state index contributed by atoms with van der Waals surface area (Å²) in [6.07, 6.45) is 1.75. The molecule has 19 heavy (non-hydrogen) atoms. The van der Waals surface area contributed by atoms with Crippen LogP contribution in [0.1, 0.15) is 13.3 Å². The number of anilines is 1. The lowest BCUT2D eigenvalue weighted by Gasteiger charge is -2.17. The van der Waals surface area contributed by atoms with Crippen LogP contribution in [0.4, 0.5) is 5.69 Å². The molecule has 0 aliphatic rings. The summed E-state index contributed by atoms with van der Waals surface area (Å²) in [5.41, 5.74) is 1.71. The first-order chi connectivity index (χ1) is 9.00. The quantitative estimate of drug-likeness (QED) is 0.885. The van der Waals surface area contributed by atoms with Gasteiger partial charge in [-0.15, -0.1) is 0 Å². The van der Waals surface area contributed by atoms with Crippen molar-refractivity contribution in [3.8, 4) is 0 Å². The number of fused-ring (bicyclic) bond motifs is 1. The van der Waals surface area contributed by atoms with Crippen LogP contribution in [0.2, 0.25) is 0 Å². The highest BCUT2D eigenvalue weighted by Gasteiger charge is 2.20. The number of para-hydroxylation sites is 1. The van der Waals surface area contributed by atoms with Gasteiger partial charge in [-0.1, -0.05) is 25.1 Å². The number of hydrogen-bond acceptors (Lipinski definition) is 2. The number of benzene rings is 1. The van der Waals surface area contributed by atoms with Crippen LogP contribution in [-0.2, 0) is 9.59 Å². The van der Waals surface area contributed by atoms with Crippen molar-refractivity contribution >= 4 is 28.5 Å². The first-order valence-electron chi connectivity index (χ1n) is 6.06. The lowest BCUT2D eigenvalue weighted by Crippen LogP contribution is -2.29. The molecule has 1 amide bonds. The van der Waals surface area contributed by atoms with E-state index in [1.807, 2.05) is 24.3 Å². The third-order valence-electron chi connectivity index (χ3n) is 3.21. The molecule has 0 aliphatic carbocycles. The normalized spacial score (nSPS) is 12.3. The molecule has 1 heterocycles. The second-order valence-corrected chi connectivity index (χ2v) is 4.62. The Morgan fingerprint density at radius 2 is 2.05 bits per heavy atom. The molecule has 0 saturated heterocycles. The third-order valence-corrected chi connectivity index (χ3v) is 3.21. The Bertz CT molecular complexity index is 618. The number of amides is 1. The molecule has 0 bridgehead atoms.